The summed E-state index contributed by atoms with van der Waals surface area (Å²) in [5, 5.41) is 13.0. The number of hydrogen-bond donors (Lipinski definition) is 2. The van der Waals surface area contributed by atoms with Crippen LogP contribution in [0.2, 0.25) is 5.02 Å². The van der Waals surface area contributed by atoms with Crippen molar-refractivity contribution in [1.82, 2.24) is 14.9 Å². The molecular formula is C24H28ClFN4O3. The van der Waals surface area contributed by atoms with Gasteiger partial charge in [-0.05, 0) is 50.9 Å². The van der Waals surface area contributed by atoms with Crippen molar-refractivity contribution >= 4 is 34.0 Å². The number of benzene rings is 2. The molecule has 0 unspecified atom stereocenters. The van der Waals surface area contributed by atoms with Gasteiger partial charge in [-0.1, -0.05) is 11.6 Å². The van der Waals surface area contributed by atoms with E-state index in [9.17, 15) is 4.39 Å². The Bertz CT molecular complexity index is 1090. The Morgan fingerprint density at radius 3 is 2.76 bits per heavy atom. The third kappa shape index (κ3) is 6.01. The number of ether oxygens (including phenoxy) is 2. The number of nitrogens with zero attached hydrogens (tertiary/aromatic N) is 3. The zero-order chi connectivity index (χ0) is 23.2. The fourth-order valence-corrected chi connectivity index (χ4v) is 4.08. The number of hydrogen-bond acceptors (Lipinski definition) is 7. The van der Waals surface area contributed by atoms with E-state index in [1.54, 1.807) is 6.07 Å². The van der Waals surface area contributed by atoms with Gasteiger partial charge < -0.3 is 24.8 Å². The molecule has 9 heteroatoms. The second kappa shape index (κ2) is 11.0. The van der Waals surface area contributed by atoms with Gasteiger partial charge >= 0.3 is 0 Å². The van der Waals surface area contributed by atoms with E-state index in [1.165, 1.54) is 18.5 Å². The molecule has 1 fully saturated rings. The SMILES string of the molecule is CN(CCO)CCOc1cc(OC2CCCC2)c2c(Nc3ccc(F)c(Cl)c3)ncnc2c1. The average Bonchev–Trinajstić information content (AvgIpc) is 3.29. The van der Waals surface area contributed by atoms with Crippen molar-refractivity contribution in [3.8, 4) is 11.5 Å². The van der Waals surface area contributed by atoms with Crippen molar-refractivity contribution in [2.75, 3.05) is 38.7 Å². The van der Waals surface area contributed by atoms with E-state index < -0.39 is 5.82 Å². The van der Waals surface area contributed by atoms with E-state index in [2.05, 4.69) is 15.3 Å². The van der Waals surface area contributed by atoms with Crippen molar-refractivity contribution in [3.63, 3.8) is 0 Å². The molecule has 4 rings (SSSR count). The maximum absolute atomic E-state index is 13.6. The van der Waals surface area contributed by atoms with Crippen molar-refractivity contribution in [3.05, 3.63) is 47.5 Å². The first kappa shape index (κ1) is 23.5. The van der Waals surface area contributed by atoms with Gasteiger partial charge in [-0.25, -0.2) is 14.4 Å². The molecule has 0 aliphatic heterocycles. The Kier molecular flexibility index (Phi) is 7.80. The molecule has 0 atom stereocenters. The van der Waals surface area contributed by atoms with E-state index in [-0.39, 0.29) is 17.7 Å². The third-order valence-corrected chi connectivity index (χ3v) is 5.97. The normalized spacial score (nSPS) is 14.2. The molecule has 2 aromatic carbocycles. The highest BCUT2D eigenvalue weighted by Gasteiger charge is 2.21. The summed E-state index contributed by atoms with van der Waals surface area (Å²) in [6.45, 7) is 1.85. The van der Waals surface area contributed by atoms with E-state index in [4.69, 9.17) is 26.2 Å². The van der Waals surface area contributed by atoms with Crippen LogP contribution in [-0.4, -0.2) is 59.4 Å². The fraction of sp³-hybridized carbons (Fsp3) is 0.417. The number of nitrogens with one attached hydrogen (secondary N) is 1. The number of aliphatic hydroxyl groups is 1. The standard InChI is InChI=1S/C24H28ClFN4O3/c1-30(8-10-31)9-11-32-18-13-21-23(22(14-18)33-17-4-2-3-5-17)24(28-15-27-21)29-16-6-7-20(26)19(25)12-16/h6-7,12-15,17,31H,2-5,8-11H2,1H3,(H,27,28,29). The molecule has 0 saturated heterocycles. The zero-order valence-corrected chi connectivity index (χ0v) is 19.3. The number of likely N-dealkylation sites (N-methyl/N-ethyl adjacent to an activating group) is 1. The van der Waals surface area contributed by atoms with E-state index in [1.807, 2.05) is 24.1 Å². The minimum absolute atomic E-state index is 0.0302. The molecule has 176 valence electrons. The monoisotopic (exact) mass is 474 g/mol. The first-order chi connectivity index (χ1) is 16.0. The lowest BCUT2D eigenvalue weighted by Gasteiger charge is -2.19. The van der Waals surface area contributed by atoms with E-state index >= 15 is 0 Å². The van der Waals surface area contributed by atoms with Crippen LogP contribution in [0.25, 0.3) is 10.9 Å². The van der Waals surface area contributed by atoms with Gasteiger partial charge in [0.05, 0.1) is 28.6 Å². The number of anilines is 2. The maximum Gasteiger partial charge on any atom is 0.145 e. The summed E-state index contributed by atoms with van der Waals surface area (Å²) >= 11 is 5.95. The Balaban J connectivity index is 1.64. The Labute approximate surface area is 197 Å². The molecule has 1 aliphatic rings. The fourth-order valence-electron chi connectivity index (χ4n) is 3.90. The lowest BCUT2D eigenvalue weighted by Crippen LogP contribution is -2.27. The highest BCUT2D eigenvalue weighted by Crippen LogP contribution is 2.38. The van der Waals surface area contributed by atoms with Crippen LogP contribution in [0.4, 0.5) is 15.9 Å². The van der Waals surface area contributed by atoms with Crippen LogP contribution in [0, 0.1) is 5.82 Å². The first-order valence-electron chi connectivity index (χ1n) is 11.1. The highest BCUT2D eigenvalue weighted by atomic mass is 35.5. The van der Waals surface area contributed by atoms with Gasteiger partial charge in [0.15, 0.2) is 0 Å². The molecule has 1 aliphatic carbocycles. The first-order valence-corrected chi connectivity index (χ1v) is 11.5. The molecular weight excluding hydrogens is 447 g/mol. The molecule has 33 heavy (non-hydrogen) atoms. The van der Waals surface area contributed by atoms with Gasteiger partial charge in [0, 0.05) is 30.9 Å². The average molecular weight is 475 g/mol. The number of aromatic nitrogens is 2. The Morgan fingerprint density at radius 1 is 1.18 bits per heavy atom. The zero-order valence-electron chi connectivity index (χ0n) is 18.6. The van der Waals surface area contributed by atoms with E-state index in [0.717, 1.165) is 31.1 Å². The Morgan fingerprint density at radius 2 is 2.00 bits per heavy atom. The quantitative estimate of drug-likeness (QED) is 0.437. The van der Waals surface area contributed by atoms with Crippen molar-refractivity contribution < 1.29 is 19.0 Å². The summed E-state index contributed by atoms with van der Waals surface area (Å²) in [6, 6.07) is 8.16. The molecule has 0 amide bonds. The maximum atomic E-state index is 13.6. The van der Waals surface area contributed by atoms with Gasteiger partial charge in [-0.3, -0.25) is 0 Å². The summed E-state index contributed by atoms with van der Waals surface area (Å²) in [5.41, 5.74) is 1.29. The predicted octanol–water partition coefficient (Wildman–Crippen LogP) is 4.79. The predicted molar refractivity (Wildman–Crippen MR) is 127 cm³/mol. The highest BCUT2D eigenvalue weighted by molar-refractivity contribution is 6.31. The second-order valence-corrected chi connectivity index (χ2v) is 8.60. The lowest BCUT2D eigenvalue weighted by atomic mass is 10.2. The van der Waals surface area contributed by atoms with Crippen LogP contribution in [0.3, 0.4) is 0 Å². The summed E-state index contributed by atoms with van der Waals surface area (Å²) < 4.78 is 26.0. The van der Waals surface area contributed by atoms with Gasteiger partial charge in [-0.2, -0.15) is 0 Å². The summed E-state index contributed by atoms with van der Waals surface area (Å²) in [5.74, 6) is 1.37. The minimum Gasteiger partial charge on any atom is -0.492 e. The summed E-state index contributed by atoms with van der Waals surface area (Å²) in [4.78, 5) is 10.9. The van der Waals surface area contributed by atoms with E-state index in [0.29, 0.717) is 48.2 Å². The molecule has 1 aromatic heterocycles. The topological polar surface area (TPSA) is 79.7 Å². The van der Waals surface area contributed by atoms with Gasteiger partial charge in [0.25, 0.3) is 0 Å². The number of rotatable bonds is 10. The van der Waals surface area contributed by atoms with Gasteiger partial charge in [-0.15, -0.1) is 0 Å². The van der Waals surface area contributed by atoms with Gasteiger partial charge in [0.2, 0.25) is 0 Å². The molecule has 7 nitrogen and oxygen atoms in total. The van der Waals surface area contributed by atoms with Crippen molar-refractivity contribution in [2.24, 2.45) is 0 Å². The van der Waals surface area contributed by atoms with Crippen LogP contribution in [0.15, 0.2) is 36.7 Å². The molecule has 1 heterocycles. The van der Waals surface area contributed by atoms with Crippen molar-refractivity contribution in [1.29, 1.82) is 0 Å². The number of fused-ring (bicyclic) bond motifs is 1. The van der Waals surface area contributed by atoms with Crippen LogP contribution in [-0.2, 0) is 0 Å². The largest absolute Gasteiger partial charge is 0.492 e. The lowest BCUT2D eigenvalue weighted by molar-refractivity contribution is 0.191. The Hall–Kier alpha value is -2.68. The van der Waals surface area contributed by atoms with Crippen LogP contribution < -0.4 is 14.8 Å². The van der Waals surface area contributed by atoms with Crippen molar-refractivity contribution in [2.45, 2.75) is 31.8 Å². The third-order valence-electron chi connectivity index (χ3n) is 5.68. The number of aliphatic hydroxyl groups excluding tert-OH is 1. The minimum atomic E-state index is -0.480. The molecule has 0 spiro atoms. The summed E-state index contributed by atoms with van der Waals surface area (Å²) in [6.07, 6.45) is 5.89. The van der Waals surface area contributed by atoms with Gasteiger partial charge in [0.1, 0.15) is 36.1 Å². The molecule has 0 radical (unpaired) electrons. The summed E-state index contributed by atoms with van der Waals surface area (Å²) in [7, 11) is 1.93. The van der Waals surface area contributed by atoms with Crippen LogP contribution in [0.1, 0.15) is 25.7 Å². The number of halogens is 2. The van der Waals surface area contributed by atoms with Crippen LogP contribution in [0.5, 0.6) is 11.5 Å². The smallest absolute Gasteiger partial charge is 0.145 e. The second-order valence-electron chi connectivity index (χ2n) is 8.19. The van der Waals surface area contributed by atoms with Crippen LogP contribution >= 0.6 is 11.6 Å². The molecule has 1 saturated carbocycles. The molecule has 2 N–H and O–H groups in total. The molecule has 3 aromatic rings. The molecule has 0 bridgehead atoms.